The van der Waals surface area contributed by atoms with Crippen molar-refractivity contribution in [3.8, 4) is 6.01 Å². The number of carbonyl (C=O) groups is 1. The fourth-order valence-corrected chi connectivity index (χ4v) is 1.20. The van der Waals surface area contributed by atoms with E-state index in [9.17, 15) is 4.79 Å². The van der Waals surface area contributed by atoms with Crippen LogP contribution in [0.2, 0.25) is 0 Å². The highest BCUT2D eigenvalue weighted by molar-refractivity contribution is 5.85. The van der Waals surface area contributed by atoms with E-state index in [0.717, 1.165) is 0 Å². The first kappa shape index (κ1) is 13.4. The van der Waals surface area contributed by atoms with Crippen LogP contribution < -0.4 is 4.74 Å². The normalized spacial score (nSPS) is 12.2. The number of rotatable bonds is 6. The van der Waals surface area contributed by atoms with Crippen LogP contribution in [0.1, 0.15) is 30.0 Å². The molecule has 0 aromatic carbocycles. The van der Waals surface area contributed by atoms with Gasteiger partial charge in [-0.05, 0) is 26.8 Å². The number of carboxylic acids is 1. The summed E-state index contributed by atoms with van der Waals surface area (Å²) in [4.78, 5) is 18.6. The molecule has 0 radical (unpaired) electrons. The Morgan fingerprint density at radius 1 is 1.53 bits per heavy atom. The van der Waals surface area contributed by atoms with E-state index >= 15 is 0 Å². The number of nitrogens with zero attached hydrogens (tertiary/aromatic N) is 2. The topological polar surface area (TPSA) is 81.5 Å². The molecule has 0 amide bonds. The number of aryl methyl sites for hydroxylation is 1. The van der Waals surface area contributed by atoms with Crippen LogP contribution in [0.25, 0.3) is 0 Å². The number of ether oxygens (including phenoxy) is 2. The highest BCUT2D eigenvalue weighted by atomic mass is 16.5. The Hall–Kier alpha value is -1.69. The summed E-state index contributed by atoms with van der Waals surface area (Å²) in [5.74, 6) is -1.10. The van der Waals surface area contributed by atoms with Gasteiger partial charge in [-0.2, -0.15) is 4.98 Å². The lowest BCUT2D eigenvalue weighted by Gasteiger charge is -2.13. The third-order valence-corrected chi connectivity index (χ3v) is 1.92. The maximum Gasteiger partial charge on any atom is 0.354 e. The molecule has 1 atom stereocenters. The molecule has 1 unspecified atom stereocenters. The van der Waals surface area contributed by atoms with Crippen LogP contribution in [0, 0.1) is 6.92 Å². The molecule has 1 aromatic heterocycles. The molecule has 6 nitrogen and oxygen atoms in total. The summed E-state index contributed by atoms with van der Waals surface area (Å²) in [7, 11) is 0. The van der Waals surface area contributed by atoms with Gasteiger partial charge in [-0.15, -0.1) is 0 Å². The van der Waals surface area contributed by atoms with Crippen molar-refractivity contribution in [3.05, 3.63) is 17.5 Å². The minimum absolute atomic E-state index is 0.0644. The van der Waals surface area contributed by atoms with Gasteiger partial charge in [0.2, 0.25) is 0 Å². The Morgan fingerprint density at radius 2 is 2.24 bits per heavy atom. The molecule has 0 aliphatic rings. The molecule has 0 spiro atoms. The van der Waals surface area contributed by atoms with Gasteiger partial charge in [0, 0.05) is 12.3 Å². The van der Waals surface area contributed by atoms with E-state index in [1.165, 1.54) is 6.07 Å². The number of hydrogen-bond acceptors (Lipinski definition) is 5. The van der Waals surface area contributed by atoms with E-state index in [2.05, 4.69) is 9.97 Å². The molecule has 0 aliphatic heterocycles. The Kier molecular flexibility index (Phi) is 4.84. The molecule has 6 heteroatoms. The molecule has 1 rings (SSSR count). The van der Waals surface area contributed by atoms with Gasteiger partial charge in [-0.1, -0.05) is 0 Å². The Labute approximate surface area is 99.6 Å². The van der Waals surface area contributed by atoms with E-state index in [1.54, 1.807) is 6.92 Å². The molecule has 1 aromatic rings. The molecular formula is C11H16N2O4. The van der Waals surface area contributed by atoms with Gasteiger partial charge in [0.05, 0.1) is 6.61 Å². The van der Waals surface area contributed by atoms with Gasteiger partial charge in [0.25, 0.3) is 0 Å². The monoisotopic (exact) mass is 240 g/mol. The van der Waals surface area contributed by atoms with Gasteiger partial charge >= 0.3 is 12.0 Å². The van der Waals surface area contributed by atoms with E-state index in [-0.39, 0.29) is 17.8 Å². The average Bonchev–Trinajstić information content (AvgIpc) is 2.25. The van der Waals surface area contributed by atoms with Gasteiger partial charge in [0.1, 0.15) is 6.10 Å². The van der Waals surface area contributed by atoms with Crippen molar-refractivity contribution in [2.75, 3.05) is 13.2 Å². The van der Waals surface area contributed by atoms with E-state index in [4.69, 9.17) is 14.6 Å². The molecule has 17 heavy (non-hydrogen) atoms. The lowest BCUT2D eigenvalue weighted by Crippen LogP contribution is -2.21. The van der Waals surface area contributed by atoms with Crippen LogP contribution in [-0.2, 0) is 4.74 Å². The van der Waals surface area contributed by atoms with Gasteiger partial charge in [0.15, 0.2) is 5.69 Å². The molecule has 1 N–H and O–H groups in total. The Morgan fingerprint density at radius 3 is 2.82 bits per heavy atom. The maximum absolute atomic E-state index is 10.8. The lowest BCUT2D eigenvalue weighted by atomic mass is 10.3. The van der Waals surface area contributed by atoms with Crippen molar-refractivity contribution in [2.24, 2.45) is 0 Å². The van der Waals surface area contributed by atoms with Crippen molar-refractivity contribution < 1.29 is 19.4 Å². The highest BCUT2D eigenvalue weighted by Gasteiger charge is 2.12. The summed E-state index contributed by atoms with van der Waals surface area (Å²) in [5, 5.41) is 8.84. The Bertz CT molecular complexity index is 395. The zero-order valence-corrected chi connectivity index (χ0v) is 10.1. The van der Waals surface area contributed by atoms with Gasteiger partial charge < -0.3 is 14.6 Å². The number of aromatic nitrogens is 2. The summed E-state index contributed by atoms with van der Waals surface area (Å²) >= 11 is 0. The summed E-state index contributed by atoms with van der Waals surface area (Å²) in [6.45, 7) is 6.40. The summed E-state index contributed by atoms with van der Waals surface area (Å²) < 4.78 is 10.6. The zero-order valence-electron chi connectivity index (χ0n) is 10.1. The van der Waals surface area contributed by atoms with Crippen molar-refractivity contribution in [1.82, 2.24) is 9.97 Å². The van der Waals surface area contributed by atoms with E-state index < -0.39 is 5.97 Å². The summed E-state index contributed by atoms with van der Waals surface area (Å²) in [6.07, 6.45) is -0.224. The third kappa shape index (κ3) is 4.36. The van der Waals surface area contributed by atoms with Crippen molar-refractivity contribution in [1.29, 1.82) is 0 Å². The fourth-order valence-electron chi connectivity index (χ4n) is 1.20. The van der Waals surface area contributed by atoms with Crippen LogP contribution >= 0.6 is 0 Å². The second-order valence-electron chi connectivity index (χ2n) is 3.57. The molecule has 0 fully saturated rings. The third-order valence-electron chi connectivity index (χ3n) is 1.92. The van der Waals surface area contributed by atoms with Crippen molar-refractivity contribution in [2.45, 2.75) is 26.9 Å². The van der Waals surface area contributed by atoms with Gasteiger partial charge in [-0.3, -0.25) is 0 Å². The average molecular weight is 240 g/mol. The SMILES string of the molecule is CCOCC(C)Oc1nc(C)cc(C(=O)O)n1. The van der Waals surface area contributed by atoms with E-state index in [0.29, 0.717) is 18.9 Å². The maximum atomic E-state index is 10.8. The van der Waals surface area contributed by atoms with Crippen molar-refractivity contribution >= 4 is 5.97 Å². The van der Waals surface area contributed by atoms with Crippen LogP contribution in [0.4, 0.5) is 0 Å². The molecule has 1 heterocycles. The second-order valence-corrected chi connectivity index (χ2v) is 3.57. The molecule has 94 valence electrons. The minimum atomic E-state index is -1.10. The molecular weight excluding hydrogens is 224 g/mol. The van der Waals surface area contributed by atoms with Crippen LogP contribution in [0.3, 0.4) is 0 Å². The largest absolute Gasteiger partial charge is 0.477 e. The zero-order chi connectivity index (χ0) is 12.8. The van der Waals surface area contributed by atoms with E-state index in [1.807, 2.05) is 13.8 Å². The number of hydrogen-bond donors (Lipinski definition) is 1. The minimum Gasteiger partial charge on any atom is -0.477 e. The first-order chi connectivity index (χ1) is 8.02. The lowest BCUT2D eigenvalue weighted by molar-refractivity contribution is 0.0593. The van der Waals surface area contributed by atoms with Crippen LogP contribution in [0.15, 0.2) is 6.07 Å². The summed E-state index contributed by atoms with van der Waals surface area (Å²) in [6, 6.07) is 1.46. The number of aromatic carboxylic acids is 1. The molecule has 0 saturated heterocycles. The number of carboxylic acid groups (broad SMARTS) is 1. The molecule has 0 saturated carbocycles. The Balaban J connectivity index is 2.73. The van der Waals surface area contributed by atoms with Crippen molar-refractivity contribution in [3.63, 3.8) is 0 Å². The smallest absolute Gasteiger partial charge is 0.354 e. The second kappa shape index (κ2) is 6.15. The molecule has 0 bridgehead atoms. The predicted molar refractivity (Wildman–Crippen MR) is 60.3 cm³/mol. The predicted octanol–water partition coefficient (Wildman–Crippen LogP) is 1.29. The van der Waals surface area contributed by atoms with Crippen LogP contribution in [-0.4, -0.2) is 40.4 Å². The first-order valence-electron chi connectivity index (χ1n) is 5.36. The fraction of sp³-hybridized carbons (Fsp3) is 0.545. The standard InChI is InChI=1S/C11H16N2O4/c1-4-16-6-8(3)17-11-12-7(2)5-9(13-11)10(14)15/h5,8H,4,6H2,1-3H3,(H,14,15). The van der Waals surface area contributed by atoms with Gasteiger partial charge in [-0.25, -0.2) is 9.78 Å². The molecule has 0 aliphatic carbocycles. The quantitative estimate of drug-likeness (QED) is 0.806. The van der Waals surface area contributed by atoms with Crippen LogP contribution in [0.5, 0.6) is 6.01 Å². The first-order valence-corrected chi connectivity index (χ1v) is 5.36. The highest BCUT2D eigenvalue weighted by Crippen LogP contribution is 2.09. The summed E-state index contributed by atoms with van der Waals surface area (Å²) in [5.41, 5.74) is 0.479.